The summed E-state index contributed by atoms with van der Waals surface area (Å²) in [5.74, 6) is -0.241. The molecular formula is C21H23N3O2. The first-order valence-electron chi connectivity index (χ1n) is 9.12. The molecule has 0 aromatic heterocycles. The number of benzene rings is 2. The average molecular weight is 349 g/mol. The number of aryl methyl sites for hydroxylation is 1. The normalized spacial score (nSPS) is 22.7. The molecule has 0 unspecified atom stereocenters. The van der Waals surface area contributed by atoms with E-state index in [1.54, 1.807) is 18.2 Å². The van der Waals surface area contributed by atoms with Crippen molar-refractivity contribution >= 4 is 17.5 Å². The van der Waals surface area contributed by atoms with Crippen LogP contribution in [0.1, 0.15) is 34.3 Å². The minimum Gasteiger partial charge on any atom is -0.351 e. The standard InChI is InChI=1S/C21H23N3O2/c22-11-12-23-19(25)15-6-2-4-8-18(15)24-20(26)17-13-21(17)10-9-14-5-1-3-7-16(14)21/h1-8,17H,9-13,22H2,(H,23,25)(H,24,26)/t17-,21+/m0/s1. The summed E-state index contributed by atoms with van der Waals surface area (Å²) in [6.45, 7) is 0.786. The molecule has 0 radical (unpaired) electrons. The van der Waals surface area contributed by atoms with Gasteiger partial charge in [-0.15, -0.1) is 0 Å². The quantitative estimate of drug-likeness (QED) is 0.774. The van der Waals surface area contributed by atoms with Gasteiger partial charge in [-0.2, -0.15) is 0 Å². The number of rotatable bonds is 5. The van der Waals surface area contributed by atoms with Crippen molar-refractivity contribution in [2.45, 2.75) is 24.7 Å². The van der Waals surface area contributed by atoms with E-state index in [9.17, 15) is 9.59 Å². The lowest BCUT2D eigenvalue weighted by Gasteiger charge is -2.14. The van der Waals surface area contributed by atoms with Gasteiger partial charge in [-0.25, -0.2) is 0 Å². The molecule has 4 N–H and O–H groups in total. The molecule has 2 aromatic carbocycles. The van der Waals surface area contributed by atoms with Crippen molar-refractivity contribution in [1.82, 2.24) is 5.32 Å². The summed E-state index contributed by atoms with van der Waals surface area (Å²) in [5.41, 5.74) is 9.16. The van der Waals surface area contributed by atoms with Crippen LogP contribution in [0.15, 0.2) is 48.5 Å². The average Bonchev–Trinajstić information content (AvgIpc) is 3.29. The Morgan fingerprint density at radius 1 is 1.12 bits per heavy atom. The summed E-state index contributed by atoms with van der Waals surface area (Å²) in [6.07, 6.45) is 2.96. The second-order valence-electron chi connectivity index (χ2n) is 7.15. The monoisotopic (exact) mass is 349 g/mol. The Hall–Kier alpha value is -2.66. The lowest BCUT2D eigenvalue weighted by atomic mass is 9.95. The molecule has 0 heterocycles. The molecule has 1 spiro atoms. The van der Waals surface area contributed by atoms with Gasteiger partial charge in [-0.1, -0.05) is 36.4 Å². The van der Waals surface area contributed by atoms with Crippen molar-refractivity contribution in [3.8, 4) is 0 Å². The van der Waals surface area contributed by atoms with Crippen LogP contribution in [0.25, 0.3) is 0 Å². The van der Waals surface area contributed by atoms with E-state index in [1.165, 1.54) is 11.1 Å². The predicted octanol–water partition coefficient (Wildman–Crippen LogP) is 2.22. The van der Waals surface area contributed by atoms with Crippen molar-refractivity contribution in [3.63, 3.8) is 0 Å². The van der Waals surface area contributed by atoms with Crippen LogP contribution in [0.3, 0.4) is 0 Å². The number of fused-ring (bicyclic) bond motifs is 2. The SMILES string of the molecule is NCCNC(=O)c1ccccc1NC(=O)[C@@H]1C[C@@]12CCc1ccccc12. The first kappa shape index (κ1) is 16.8. The number of carbonyl (C=O) groups excluding carboxylic acids is 2. The fraction of sp³-hybridized carbons (Fsp3) is 0.333. The zero-order chi connectivity index (χ0) is 18.1. The number of nitrogens with one attached hydrogen (secondary N) is 2. The van der Waals surface area contributed by atoms with E-state index in [4.69, 9.17) is 5.73 Å². The predicted molar refractivity (Wildman–Crippen MR) is 101 cm³/mol. The molecule has 2 amide bonds. The largest absolute Gasteiger partial charge is 0.351 e. The maximum absolute atomic E-state index is 12.9. The number of nitrogens with two attached hydrogens (primary N) is 1. The van der Waals surface area contributed by atoms with Crippen molar-refractivity contribution in [3.05, 3.63) is 65.2 Å². The molecule has 2 aliphatic rings. The highest BCUT2D eigenvalue weighted by atomic mass is 16.2. The first-order valence-corrected chi connectivity index (χ1v) is 9.12. The molecule has 0 saturated heterocycles. The number of amides is 2. The Morgan fingerprint density at radius 3 is 2.73 bits per heavy atom. The summed E-state index contributed by atoms with van der Waals surface area (Å²) in [7, 11) is 0. The summed E-state index contributed by atoms with van der Waals surface area (Å²) in [6, 6.07) is 15.5. The second-order valence-corrected chi connectivity index (χ2v) is 7.15. The Labute approximate surface area is 153 Å². The number of para-hydroxylation sites is 1. The van der Waals surface area contributed by atoms with Gasteiger partial charge < -0.3 is 16.4 Å². The second kappa shape index (κ2) is 6.57. The lowest BCUT2D eigenvalue weighted by molar-refractivity contribution is -0.117. The van der Waals surface area contributed by atoms with Gasteiger partial charge in [-0.3, -0.25) is 9.59 Å². The molecule has 2 atom stereocenters. The molecule has 0 bridgehead atoms. The number of anilines is 1. The Balaban J connectivity index is 1.50. The molecular weight excluding hydrogens is 326 g/mol. The third kappa shape index (κ3) is 2.78. The highest BCUT2D eigenvalue weighted by molar-refractivity contribution is 6.05. The zero-order valence-corrected chi connectivity index (χ0v) is 14.6. The van der Waals surface area contributed by atoms with Crippen LogP contribution in [0, 0.1) is 5.92 Å². The van der Waals surface area contributed by atoms with E-state index >= 15 is 0 Å². The maximum Gasteiger partial charge on any atom is 0.253 e. The third-order valence-electron chi connectivity index (χ3n) is 5.65. The number of hydrogen-bond acceptors (Lipinski definition) is 3. The molecule has 4 rings (SSSR count). The van der Waals surface area contributed by atoms with Crippen LogP contribution in [0.5, 0.6) is 0 Å². The van der Waals surface area contributed by atoms with Gasteiger partial charge in [0.25, 0.3) is 5.91 Å². The van der Waals surface area contributed by atoms with Crippen LogP contribution in [0.4, 0.5) is 5.69 Å². The minimum atomic E-state index is -0.219. The molecule has 5 heteroatoms. The van der Waals surface area contributed by atoms with E-state index in [1.807, 2.05) is 6.07 Å². The minimum absolute atomic E-state index is 0.000720. The molecule has 134 valence electrons. The molecule has 1 saturated carbocycles. The van der Waals surface area contributed by atoms with E-state index in [0.717, 1.165) is 19.3 Å². The highest BCUT2D eigenvalue weighted by Crippen LogP contribution is 2.61. The van der Waals surface area contributed by atoms with Gasteiger partial charge in [0.15, 0.2) is 0 Å². The van der Waals surface area contributed by atoms with Crippen LogP contribution in [0.2, 0.25) is 0 Å². The van der Waals surface area contributed by atoms with E-state index in [-0.39, 0.29) is 23.1 Å². The van der Waals surface area contributed by atoms with Crippen LogP contribution in [-0.4, -0.2) is 24.9 Å². The van der Waals surface area contributed by atoms with E-state index in [0.29, 0.717) is 24.3 Å². The molecule has 26 heavy (non-hydrogen) atoms. The number of carbonyl (C=O) groups is 2. The van der Waals surface area contributed by atoms with Crippen LogP contribution in [-0.2, 0) is 16.6 Å². The van der Waals surface area contributed by atoms with Gasteiger partial charge in [0.2, 0.25) is 5.91 Å². The van der Waals surface area contributed by atoms with Gasteiger partial charge in [0.05, 0.1) is 11.3 Å². The van der Waals surface area contributed by atoms with Crippen LogP contribution < -0.4 is 16.4 Å². The molecule has 0 aliphatic heterocycles. The van der Waals surface area contributed by atoms with Gasteiger partial charge >= 0.3 is 0 Å². The van der Waals surface area contributed by atoms with Crippen molar-refractivity contribution in [2.24, 2.45) is 11.7 Å². The Kier molecular flexibility index (Phi) is 4.24. The van der Waals surface area contributed by atoms with E-state index in [2.05, 4.69) is 34.9 Å². The van der Waals surface area contributed by atoms with Gasteiger partial charge in [0.1, 0.15) is 0 Å². The summed E-state index contributed by atoms with van der Waals surface area (Å²) < 4.78 is 0. The molecule has 1 fully saturated rings. The first-order chi connectivity index (χ1) is 12.7. The van der Waals surface area contributed by atoms with E-state index < -0.39 is 0 Å². The summed E-state index contributed by atoms with van der Waals surface area (Å²) in [4.78, 5) is 25.2. The fourth-order valence-electron chi connectivity index (χ4n) is 4.23. The molecule has 2 aliphatic carbocycles. The van der Waals surface area contributed by atoms with Gasteiger partial charge in [-0.05, 0) is 42.5 Å². The Morgan fingerprint density at radius 2 is 1.88 bits per heavy atom. The highest BCUT2D eigenvalue weighted by Gasteiger charge is 2.61. The summed E-state index contributed by atoms with van der Waals surface area (Å²) >= 11 is 0. The van der Waals surface area contributed by atoms with Gasteiger partial charge in [0, 0.05) is 24.4 Å². The van der Waals surface area contributed by atoms with Crippen molar-refractivity contribution < 1.29 is 9.59 Å². The lowest BCUT2D eigenvalue weighted by Crippen LogP contribution is -2.30. The topological polar surface area (TPSA) is 84.2 Å². The van der Waals surface area contributed by atoms with Crippen LogP contribution >= 0.6 is 0 Å². The number of hydrogen-bond donors (Lipinski definition) is 3. The third-order valence-corrected chi connectivity index (χ3v) is 5.65. The molecule has 5 nitrogen and oxygen atoms in total. The molecule has 2 aromatic rings. The van der Waals surface area contributed by atoms with Crippen molar-refractivity contribution in [2.75, 3.05) is 18.4 Å². The Bertz CT molecular complexity index is 864. The van der Waals surface area contributed by atoms with Crippen molar-refractivity contribution in [1.29, 1.82) is 0 Å². The maximum atomic E-state index is 12.9. The fourth-order valence-corrected chi connectivity index (χ4v) is 4.23. The zero-order valence-electron chi connectivity index (χ0n) is 14.6. The smallest absolute Gasteiger partial charge is 0.253 e. The summed E-state index contributed by atoms with van der Waals surface area (Å²) in [5, 5.41) is 5.73.